The summed E-state index contributed by atoms with van der Waals surface area (Å²) in [5.74, 6) is 2.87. The lowest BCUT2D eigenvalue weighted by molar-refractivity contribution is 0.239. The summed E-state index contributed by atoms with van der Waals surface area (Å²) in [6.07, 6.45) is 17.4. The number of unbranched alkanes of at least 4 members (excludes halogenated alkanes) is 1. The molecule has 4 rings (SSSR count). The van der Waals surface area contributed by atoms with Gasteiger partial charge in [-0.3, -0.25) is 4.98 Å². The molecule has 7 heteroatoms. The average molecular weight is 556 g/mol. The van der Waals surface area contributed by atoms with E-state index in [0.717, 1.165) is 61.3 Å². The highest BCUT2D eigenvalue weighted by molar-refractivity contribution is 5.33. The summed E-state index contributed by atoms with van der Waals surface area (Å²) < 4.78 is 14.0. The van der Waals surface area contributed by atoms with Crippen molar-refractivity contribution in [3.63, 3.8) is 0 Å². The van der Waals surface area contributed by atoms with Gasteiger partial charge >= 0.3 is 0 Å². The van der Waals surface area contributed by atoms with E-state index < -0.39 is 0 Å². The Bertz CT molecular complexity index is 1340. The standard InChI is InChI=1S/C34H45N5O2/c1-25(2)18-30-19-28(5)34(38-22-30)40-17-7-6-8-29-11-13-37-33(20-29)41-23-26(3)9-10-27(4)32-21-31(12-14-36-32)39-16-15-35-24-39/h11-16,19-22,24-27H,6-10,17-18,23H2,1-5H3. The van der Waals surface area contributed by atoms with Crippen LogP contribution in [0.25, 0.3) is 5.69 Å². The molecular weight excluding hydrogens is 510 g/mol. The van der Waals surface area contributed by atoms with Crippen molar-refractivity contribution in [3.05, 3.63) is 90.0 Å². The van der Waals surface area contributed by atoms with Crippen LogP contribution in [-0.4, -0.2) is 37.7 Å². The maximum Gasteiger partial charge on any atom is 0.216 e. The summed E-state index contributed by atoms with van der Waals surface area (Å²) in [6, 6.07) is 10.5. The van der Waals surface area contributed by atoms with Crippen LogP contribution in [0.4, 0.5) is 0 Å². The molecule has 218 valence electrons. The molecule has 0 amide bonds. The lowest BCUT2D eigenvalue weighted by Gasteiger charge is -2.16. The molecule has 0 bridgehead atoms. The number of nitrogens with zero attached hydrogens (tertiary/aromatic N) is 5. The van der Waals surface area contributed by atoms with Crippen molar-refractivity contribution < 1.29 is 9.47 Å². The van der Waals surface area contributed by atoms with Crippen molar-refractivity contribution in [3.8, 4) is 17.4 Å². The van der Waals surface area contributed by atoms with Gasteiger partial charge in [0.15, 0.2) is 0 Å². The van der Waals surface area contributed by atoms with E-state index in [9.17, 15) is 0 Å². The number of hydrogen-bond donors (Lipinski definition) is 0. The smallest absolute Gasteiger partial charge is 0.216 e. The average Bonchev–Trinajstić information content (AvgIpc) is 3.51. The van der Waals surface area contributed by atoms with E-state index in [0.29, 0.717) is 36.8 Å². The normalized spacial score (nSPS) is 12.8. The Labute approximate surface area is 245 Å². The molecule has 0 spiro atoms. The van der Waals surface area contributed by atoms with Crippen LogP contribution in [0.15, 0.2) is 67.6 Å². The summed E-state index contributed by atoms with van der Waals surface area (Å²) in [5.41, 5.74) is 5.82. The zero-order valence-corrected chi connectivity index (χ0v) is 25.3. The monoisotopic (exact) mass is 555 g/mol. The van der Waals surface area contributed by atoms with E-state index in [1.54, 1.807) is 6.20 Å². The number of aromatic nitrogens is 5. The maximum atomic E-state index is 6.08. The highest BCUT2D eigenvalue weighted by atomic mass is 16.5. The van der Waals surface area contributed by atoms with Gasteiger partial charge in [-0.05, 0) is 98.6 Å². The number of pyridine rings is 3. The molecule has 4 heterocycles. The van der Waals surface area contributed by atoms with Crippen molar-refractivity contribution in [2.24, 2.45) is 11.8 Å². The van der Waals surface area contributed by atoms with Crippen molar-refractivity contribution in [1.29, 1.82) is 0 Å². The van der Waals surface area contributed by atoms with Gasteiger partial charge in [0.2, 0.25) is 11.8 Å². The number of aryl methyl sites for hydroxylation is 2. The third kappa shape index (κ3) is 9.69. The fraction of sp³-hybridized carbons (Fsp3) is 0.471. The van der Waals surface area contributed by atoms with Crippen LogP contribution in [0.5, 0.6) is 11.8 Å². The summed E-state index contributed by atoms with van der Waals surface area (Å²) in [7, 11) is 0. The Morgan fingerprint density at radius 3 is 2.49 bits per heavy atom. The molecule has 0 N–H and O–H groups in total. The minimum Gasteiger partial charge on any atom is -0.477 e. The van der Waals surface area contributed by atoms with Crippen LogP contribution >= 0.6 is 0 Å². The van der Waals surface area contributed by atoms with Gasteiger partial charge in [-0.15, -0.1) is 0 Å². The summed E-state index contributed by atoms with van der Waals surface area (Å²) in [5, 5.41) is 0. The molecule has 41 heavy (non-hydrogen) atoms. The molecule has 0 aliphatic rings. The van der Waals surface area contributed by atoms with Crippen LogP contribution in [0, 0.1) is 18.8 Å². The molecular formula is C34H45N5O2. The first-order chi connectivity index (χ1) is 19.9. The third-order valence-corrected chi connectivity index (χ3v) is 7.31. The third-order valence-electron chi connectivity index (χ3n) is 7.31. The van der Waals surface area contributed by atoms with Gasteiger partial charge in [0.25, 0.3) is 0 Å². The molecule has 4 aromatic rings. The molecule has 0 radical (unpaired) electrons. The van der Waals surface area contributed by atoms with E-state index >= 15 is 0 Å². The summed E-state index contributed by atoms with van der Waals surface area (Å²) >= 11 is 0. The molecule has 0 fully saturated rings. The first-order valence-corrected chi connectivity index (χ1v) is 15.0. The lowest BCUT2D eigenvalue weighted by Crippen LogP contribution is -2.11. The van der Waals surface area contributed by atoms with Gasteiger partial charge < -0.3 is 14.0 Å². The van der Waals surface area contributed by atoms with E-state index in [4.69, 9.17) is 9.47 Å². The molecule has 2 atom stereocenters. The van der Waals surface area contributed by atoms with Gasteiger partial charge in [0, 0.05) is 54.0 Å². The second-order valence-electron chi connectivity index (χ2n) is 11.7. The number of hydrogen-bond acceptors (Lipinski definition) is 6. The molecule has 0 aliphatic heterocycles. The number of rotatable bonds is 16. The molecule has 0 aromatic carbocycles. The largest absolute Gasteiger partial charge is 0.477 e. The second-order valence-corrected chi connectivity index (χ2v) is 11.7. The zero-order valence-electron chi connectivity index (χ0n) is 25.3. The Morgan fingerprint density at radius 1 is 0.854 bits per heavy atom. The molecule has 0 saturated heterocycles. The van der Waals surface area contributed by atoms with Crippen LogP contribution in [-0.2, 0) is 12.8 Å². The number of imidazole rings is 1. The molecule has 0 saturated carbocycles. The maximum absolute atomic E-state index is 6.08. The highest BCUT2D eigenvalue weighted by Crippen LogP contribution is 2.24. The Morgan fingerprint density at radius 2 is 1.71 bits per heavy atom. The van der Waals surface area contributed by atoms with Gasteiger partial charge in [0.1, 0.15) is 0 Å². The fourth-order valence-corrected chi connectivity index (χ4v) is 4.91. The van der Waals surface area contributed by atoms with Gasteiger partial charge in [-0.1, -0.05) is 27.7 Å². The van der Waals surface area contributed by atoms with Crippen LogP contribution < -0.4 is 9.47 Å². The van der Waals surface area contributed by atoms with E-state index in [-0.39, 0.29) is 0 Å². The molecule has 4 aromatic heterocycles. The van der Waals surface area contributed by atoms with Crippen molar-refractivity contribution in [1.82, 2.24) is 24.5 Å². The number of ether oxygens (including phenoxy) is 2. The van der Waals surface area contributed by atoms with Gasteiger partial charge in [0.05, 0.1) is 19.5 Å². The second kappa shape index (κ2) is 15.3. The van der Waals surface area contributed by atoms with Crippen LogP contribution in [0.1, 0.15) is 81.7 Å². The topological polar surface area (TPSA) is 75.0 Å². The van der Waals surface area contributed by atoms with Gasteiger partial charge in [-0.2, -0.15) is 0 Å². The highest BCUT2D eigenvalue weighted by Gasteiger charge is 2.12. The van der Waals surface area contributed by atoms with Crippen LogP contribution in [0.3, 0.4) is 0 Å². The van der Waals surface area contributed by atoms with Gasteiger partial charge in [-0.25, -0.2) is 15.0 Å². The fourth-order valence-electron chi connectivity index (χ4n) is 4.91. The zero-order chi connectivity index (χ0) is 29.0. The van der Waals surface area contributed by atoms with Crippen LogP contribution in [0.2, 0.25) is 0 Å². The van der Waals surface area contributed by atoms with Crippen molar-refractivity contribution >= 4 is 0 Å². The SMILES string of the molecule is Cc1cc(CC(C)C)cnc1OCCCCc1ccnc(OCC(C)CCC(C)c2cc(-n3ccnc3)ccn2)c1. The van der Waals surface area contributed by atoms with E-state index in [2.05, 4.69) is 78.8 Å². The van der Waals surface area contributed by atoms with Crippen molar-refractivity contribution in [2.45, 2.75) is 79.1 Å². The van der Waals surface area contributed by atoms with Crippen molar-refractivity contribution in [2.75, 3.05) is 13.2 Å². The molecule has 0 aliphatic carbocycles. The predicted molar refractivity (Wildman–Crippen MR) is 164 cm³/mol. The minimum absolute atomic E-state index is 0.371. The lowest BCUT2D eigenvalue weighted by atomic mass is 9.95. The summed E-state index contributed by atoms with van der Waals surface area (Å²) in [6.45, 7) is 12.3. The minimum atomic E-state index is 0.371. The van der Waals surface area contributed by atoms with E-state index in [1.807, 2.05) is 41.7 Å². The summed E-state index contributed by atoms with van der Waals surface area (Å²) in [4.78, 5) is 17.7. The predicted octanol–water partition coefficient (Wildman–Crippen LogP) is 7.56. The quantitative estimate of drug-likeness (QED) is 0.133. The first kappa shape index (κ1) is 30.2. The Kier molecular flexibility index (Phi) is 11.3. The first-order valence-electron chi connectivity index (χ1n) is 15.0. The molecule has 7 nitrogen and oxygen atoms in total. The Balaban J connectivity index is 1.14. The van der Waals surface area contributed by atoms with E-state index in [1.165, 1.54) is 11.1 Å². The Hall–Kier alpha value is -3.74. The molecule has 2 unspecified atom stereocenters.